The minimum Gasteiger partial charge on any atom is -0.480 e. The number of benzene rings is 1. The summed E-state index contributed by atoms with van der Waals surface area (Å²) < 4.78 is 0. The van der Waals surface area contributed by atoms with Gasteiger partial charge in [0.2, 0.25) is 0 Å². The Morgan fingerprint density at radius 2 is 1.95 bits per heavy atom. The van der Waals surface area contributed by atoms with Gasteiger partial charge in [-0.25, -0.2) is 0 Å². The van der Waals surface area contributed by atoms with Crippen molar-refractivity contribution in [2.45, 2.75) is 51.9 Å². The molecular formula is C16H24N2O2. The molecule has 1 heterocycles. The summed E-state index contributed by atoms with van der Waals surface area (Å²) in [5, 5.41) is 12.6. The maximum atomic E-state index is 11.5. The summed E-state index contributed by atoms with van der Waals surface area (Å²) in [6, 6.07) is 8.66. The van der Waals surface area contributed by atoms with Crippen molar-refractivity contribution < 1.29 is 9.90 Å². The highest BCUT2D eigenvalue weighted by Crippen LogP contribution is 2.27. The first-order valence-corrected chi connectivity index (χ1v) is 7.25. The predicted octanol–water partition coefficient (Wildman–Crippen LogP) is 2.23. The first kappa shape index (κ1) is 15.0. The molecule has 1 aromatic rings. The van der Waals surface area contributed by atoms with Crippen LogP contribution < -0.4 is 5.32 Å². The van der Waals surface area contributed by atoms with E-state index in [1.807, 2.05) is 6.92 Å². The zero-order valence-corrected chi connectivity index (χ0v) is 12.5. The molecule has 1 aliphatic rings. The quantitative estimate of drug-likeness (QED) is 0.836. The van der Waals surface area contributed by atoms with Gasteiger partial charge >= 0.3 is 5.97 Å². The first-order chi connectivity index (χ1) is 9.46. The third-order valence-corrected chi connectivity index (χ3v) is 4.23. The summed E-state index contributed by atoms with van der Waals surface area (Å²) in [5.41, 5.74) is 1.86. The van der Waals surface area contributed by atoms with E-state index in [9.17, 15) is 9.90 Å². The molecule has 1 aromatic carbocycles. The second-order valence-corrected chi connectivity index (χ2v) is 5.89. The highest BCUT2D eigenvalue weighted by molar-refractivity contribution is 5.78. The Morgan fingerprint density at radius 1 is 1.40 bits per heavy atom. The Balaban J connectivity index is 2.03. The minimum atomic E-state index is -0.858. The fourth-order valence-electron chi connectivity index (χ4n) is 3.02. The average molecular weight is 276 g/mol. The number of carboxylic acid groups (broad SMARTS) is 1. The van der Waals surface area contributed by atoms with E-state index in [4.69, 9.17) is 0 Å². The van der Waals surface area contributed by atoms with Gasteiger partial charge in [0.15, 0.2) is 0 Å². The molecule has 0 amide bonds. The lowest BCUT2D eigenvalue weighted by Gasteiger charge is -2.33. The number of carboxylic acids is 1. The summed E-state index contributed by atoms with van der Waals surface area (Å²) in [7, 11) is 0. The summed E-state index contributed by atoms with van der Waals surface area (Å²) in [6.45, 7) is 8.33. The van der Waals surface area contributed by atoms with Gasteiger partial charge in [0.1, 0.15) is 5.54 Å². The smallest absolute Gasteiger partial charge is 0.323 e. The van der Waals surface area contributed by atoms with Gasteiger partial charge in [0.05, 0.1) is 0 Å². The SMILES string of the molecule is CCNC(C)(CC(C)N1Cc2ccccc2C1)C(=O)O. The molecule has 0 aliphatic carbocycles. The van der Waals surface area contributed by atoms with E-state index in [1.54, 1.807) is 6.92 Å². The Kier molecular flexibility index (Phi) is 4.45. The third kappa shape index (κ3) is 3.02. The van der Waals surface area contributed by atoms with Crippen LogP contribution >= 0.6 is 0 Å². The van der Waals surface area contributed by atoms with Crippen LogP contribution in [-0.2, 0) is 17.9 Å². The molecule has 2 N–H and O–H groups in total. The molecule has 0 radical (unpaired) electrons. The van der Waals surface area contributed by atoms with Gasteiger partial charge in [-0.1, -0.05) is 31.2 Å². The molecule has 20 heavy (non-hydrogen) atoms. The van der Waals surface area contributed by atoms with E-state index in [2.05, 4.69) is 41.4 Å². The Bertz CT molecular complexity index is 464. The molecule has 0 spiro atoms. The summed E-state index contributed by atoms with van der Waals surface area (Å²) in [5.74, 6) is -0.775. The summed E-state index contributed by atoms with van der Waals surface area (Å²) in [6.07, 6.45) is 0.601. The van der Waals surface area contributed by atoms with Crippen LogP contribution in [0.25, 0.3) is 0 Å². The molecule has 4 heteroatoms. The molecule has 0 bridgehead atoms. The maximum absolute atomic E-state index is 11.5. The number of carbonyl (C=O) groups is 1. The molecule has 4 nitrogen and oxygen atoms in total. The van der Waals surface area contributed by atoms with Gasteiger partial charge in [-0.3, -0.25) is 9.69 Å². The molecule has 110 valence electrons. The van der Waals surface area contributed by atoms with Crippen LogP contribution in [-0.4, -0.2) is 34.1 Å². The lowest BCUT2D eigenvalue weighted by Crippen LogP contribution is -2.53. The van der Waals surface area contributed by atoms with Crippen LogP contribution in [0.4, 0.5) is 0 Å². The third-order valence-electron chi connectivity index (χ3n) is 4.23. The van der Waals surface area contributed by atoms with Gasteiger partial charge < -0.3 is 10.4 Å². The van der Waals surface area contributed by atoms with Crippen LogP contribution in [0.5, 0.6) is 0 Å². The van der Waals surface area contributed by atoms with Crippen molar-refractivity contribution in [3.63, 3.8) is 0 Å². The largest absolute Gasteiger partial charge is 0.480 e. The molecule has 2 unspecified atom stereocenters. The fraction of sp³-hybridized carbons (Fsp3) is 0.562. The molecule has 0 fully saturated rings. The highest BCUT2D eigenvalue weighted by atomic mass is 16.4. The monoisotopic (exact) mass is 276 g/mol. The average Bonchev–Trinajstić information content (AvgIpc) is 2.82. The molecule has 2 atom stereocenters. The normalized spacial score (nSPS) is 19.4. The van der Waals surface area contributed by atoms with Crippen molar-refractivity contribution in [2.75, 3.05) is 6.54 Å². The maximum Gasteiger partial charge on any atom is 0.323 e. The van der Waals surface area contributed by atoms with Crippen molar-refractivity contribution in [3.05, 3.63) is 35.4 Å². The zero-order chi connectivity index (χ0) is 14.8. The van der Waals surface area contributed by atoms with Crippen LogP contribution in [0.3, 0.4) is 0 Å². The van der Waals surface area contributed by atoms with E-state index in [-0.39, 0.29) is 6.04 Å². The molecule has 1 aliphatic heterocycles. The number of hydrogen-bond donors (Lipinski definition) is 2. The van der Waals surface area contributed by atoms with E-state index in [0.29, 0.717) is 13.0 Å². The second-order valence-electron chi connectivity index (χ2n) is 5.89. The first-order valence-electron chi connectivity index (χ1n) is 7.25. The number of nitrogens with one attached hydrogen (secondary N) is 1. The van der Waals surface area contributed by atoms with Crippen LogP contribution in [0.1, 0.15) is 38.3 Å². The summed E-state index contributed by atoms with van der Waals surface area (Å²) >= 11 is 0. The van der Waals surface area contributed by atoms with Crippen molar-refractivity contribution >= 4 is 5.97 Å². The van der Waals surface area contributed by atoms with Crippen LogP contribution in [0.2, 0.25) is 0 Å². The molecule has 0 aromatic heterocycles. The number of hydrogen-bond acceptors (Lipinski definition) is 3. The predicted molar refractivity (Wildman–Crippen MR) is 79.5 cm³/mol. The molecule has 0 saturated heterocycles. The molecular weight excluding hydrogens is 252 g/mol. The summed E-state index contributed by atoms with van der Waals surface area (Å²) in [4.78, 5) is 13.8. The zero-order valence-electron chi connectivity index (χ0n) is 12.5. The van der Waals surface area contributed by atoms with Gasteiger partial charge in [0, 0.05) is 19.1 Å². The number of likely N-dealkylation sites (N-methyl/N-ethyl adjacent to an activating group) is 1. The number of aliphatic carboxylic acids is 1. The fourth-order valence-corrected chi connectivity index (χ4v) is 3.02. The second kappa shape index (κ2) is 5.94. The van der Waals surface area contributed by atoms with Crippen molar-refractivity contribution in [2.24, 2.45) is 0 Å². The van der Waals surface area contributed by atoms with E-state index in [1.165, 1.54) is 11.1 Å². The number of nitrogens with zero attached hydrogens (tertiary/aromatic N) is 1. The number of rotatable bonds is 6. The lowest BCUT2D eigenvalue weighted by atomic mass is 9.93. The van der Waals surface area contributed by atoms with E-state index >= 15 is 0 Å². The van der Waals surface area contributed by atoms with Gasteiger partial charge in [-0.05, 0) is 37.9 Å². The van der Waals surface area contributed by atoms with Crippen molar-refractivity contribution in [1.29, 1.82) is 0 Å². The Labute approximate surface area is 120 Å². The lowest BCUT2D eigenvalue weighted by molar-refractivity contribution is -0.145. The molecule has 2 rings (SSSR count). The van der Waals surface area contributed by atoms with Gasteiger partial charge in [0.25, 0.3) is 0 Å². The van der Waals surface area contributed by atoms with Gasteiger partial charge in [-0.2, -0.15) is 0 Å². The van der Waals surface area contributed by atoms with E-state index in [0.717, 1.165) is 13.1 Å². The van der Waals surface area contributed by atoms with Crippen LogP contribution in [0, 0.1) is 0 Å². The van der Waals surface area contributed by atoms with Gasteiger partial charge in [-0.15, -0.1) is 0 Å². The van der Waals surface area contributed by atoms with E-state index < -0.39 is 11.5 Å². The topological polar surface area (TPSA) is 52.6 Å². The van der Waals surface area contributed by atoms with Crippen LogP contribution in [0.15, 0.2) is 24.3 Å². The molecule has 0 saturated carbocycles. The van der Waals surface area contributed by atoms with Crippen molar-refractivity contribution in [3.8, 4) is 0 Å². The Morgan fingerprint density at radius 3 is 2.40 bits per heavy atom. The Hall–Kier alpha value is -1.39. The standard InChI is InChI=1S/C16H24N2O2/c1-4-17-16(3,15(19)20)9-12(2)18-10-13-7-5-6-8-14(13)11-18/h5-8,12,17H,4,9-11H2,1-3H3,(H,19,20). The minimum absolute atomic E-state index is 0.225. The number of fused-ring (bicyclic) bond motifs is 1. The highest BCUT2D eigenvalue weighted by Gasteiger charge is 2.36. The van der Waals surface area contributed by atoms with Crippen molar-refractivity contribution in [1.82, 2.24) is 10.2 Å².